The number of aliphatic hydroxyl groups excluding tert-OH is 1. The van der Waals surface area contributed by atoms with Crippen LogP contribution in [0.15, 0.2) is 20.5 Å². The Bertz CT molecular complexity index is 666. The van der Waals surface area contributed by atoms with Gasteiger partial charge in [0.25, 0.3) is 0 Å². The van der Waals surface area contributed by atoms with Gasteiger partial charge in [0.2, 0.25) is 0 Å². The molecule has 154 valence electrons. The normalized spacial score (nSPS) is 38.9. The fourth-order valence-electron chi connectivity index (χ4n) is 5.38. The molecule has 2 aliphatic carbocycles. The van der Waals surface area contributed by atoms with E-state index in [1.165, 1.54) is 23.3 Å². The highest BCUT2D eigenvalue weighted by molar-refractivity contribution is 8.17. The van der Waals surface area contributed by atoms with Crippen molar-refractivity contribution in [3.63, 3.8) is 0 Å². The number of thioether (sulfide) groups is 1. The van der Waals surface area contributed by atoms with Gasteiger partial charge in [-0.05, 0) is 61.3 Å². The lowest BCUT2D eigenvalue weighted by atomic mass is 9.82. The topological polar surface area (TPSA) is 66.7 Å². The fraction of sp³-hybridized carbons (Fsp3) is 0.810. The molecule has 3 heterocycles. The molecule has 3 atom stereocenters. The van der Waals surface area contributed by atoms with Crippen molar-refractivity contribution in [2.45, 2.75) is 63.3 Å². The number of ether oxygens (including phenoxy) is 2. The monoisotopic (exact) mass is 405 g/mol. The van der Waals surface area contributed by atoms with Crippen molar-refractivity contribution in [2.24, 2.45) is 21.8 Å². The molecule has 1 N–H and O–H groups in total. The second-order valence-corrected chi connectivity index (χ2v) is 9.77. The van der Waals surface area contributed by atoms with Crippen LogP contribution >= 0.6 is 11.8 Å². The van der Waals surface area contributed by atoms with Gasteiger partial charge in [-0.15, -0.1) is 0 Å². The minimum absolute atomic E-state index is 0.130. The molecule has 0 amide bonds. The number of nitrogens with zero attached hydrogens (tertiary/aromatic N) is 3. The molecule has 1 saturated heterocycles. The average Bonchev–Trinajstić information content (AvgIpc) is 3.13. The molecule has 3 aliphatic heterocycles. The van der Waals surface area contributed by atoms with Crippen LogP contribution in [0.3, 0.4) is 0 Å². The summed E-state index contributed by atoms with van der Waals surface area (Å²) in [5, 5.41) is 10.8. The van der Waals surface area contributed by atoms with E-state index in [0.29, 0.717) is 18.1 Å². The van der Waals surface area contributed by atoms with Crippen molar-refractivity contribution in [2.75, 3.05) is 32.9 Å². The highest BCUT2D eigenvalue weighted by Crippen LogP contribution is 2.50. The van der Waals surface area contributed by atoms with Gasteiger partial charge in [0.05, 0.1) is 30.3 Å². The molecule has 3 unspecified atom stereocenters. The molecule has 2 fully saturated rings. The van der Waals surface area contributed by atoms with Crippen molar-refractivity contribution < 1.29 is 14.6 Å². The number of aliphatic hydroxyl groups is 1. The van der Waals surface area contributed by atoms with E-state index in [0.717, 1.165) is 63.5 Å². The highest BCUT2D eigenvalue weighted by Gasteiger charge is 2.43. The van der Waals surface area contributed by atoms with E-state index < -0.39 is 0 Å². The lowest BCUT2D eigenvalue weighted by Crippen LogP contribution is -2.46. The van der Waals surface area contributed by atoms with Crippen LogP contribution in [0.25, 0.3) is 0 Å². The molecule has 6 nitrogen and oxygen atoms in total. The van der Waals surface area contributed by atoms with Crippen LogP contribution < -0.4 is 0 Å². The Balaban J connectivity index is 1.21. The first kappa shape index (κ1) is 19.2. The van der Waals surface area contributed by atoms with Gasteiger partial charge >= 0.3 is 0 Å². The van der Waals surface area contributed by atoms with Gasteiger partial charge in [0.15, 0.2) is 6.23 Å². The molecular formula is C21H31N3O3S. The molecule has 0 aromatic heterocycles. The van der Waals surface area contributed by atoms with E-state index in [9.17, 15) is 5.11 Å². The van der Waals surface area contributed by atoms with Crippen molar-refractivity contribution in [3.8, 4) is 0 Å². The Morgan fingerprint density at radius 3 is 2.79 bits per heavy atom. The number of allylic oxidation sites excluding steroid dienone is 1. The maximum Gasteiger partial charge on any atom is 0.163 e. The Labute approximate surface area is 171 Å². The number of aliphatic imine (C=N–C) groups is 2. The first-order valence-electron chi connectivity index (χ1n) is 10.9. The van der Waals surface area contributed by atoms with Gasteiger partial charge in [-0.2, -0.15) is 0 Å². The first-order chi connectivity index (χ1) is 13.8. The van der Waals surface area contributed by atoms with Gasteiger partial charge in [-0.1, -0.05) is 11.8 Å². The summed E-state index contributed by atoms with van der Waals surface area (Å²) in [6, 6.07) is 0.690. The molecule has 0 spiro atoms. The van der Waals surface area contributed by atoms with Crippen LogP contribution in [0.1, 0.15) is 44.9 Å². The summed E-state index contributed by atoms with van der Waals surface area (Å²) < 4.78 is 12.1. The minimum Gasteiger partial charge on any atom is -0.396 e. The lowest BCUT2D eigenvalue weighted by molar-refractivity contribution is -0.0557. The van der Waals surface area contributed by atoms with Crippen molar-refractivity contribution >= 4 is 23.1 Å². The molecule has 5 aliphatic rings. The number of hydrogen-bond donors (Lipinski definition) is 1. The zero-order valence-electron chi connectivity index (χ0n) is 16.5. The number of rotatable bonds is 4. The van der Waals surface area contributed by atoms with E-state index >= 15 is 0 Å². The van der Waals surface area contributed by atoms with Crippen LogP contribution in [0.4, 0.5) is 0 Å². The second-order valence-electron chi connectivity index (χ2n) is 8.66. The molecule has 28 heavy (non-hydrogen) atoms. The molecule has 0 bridgehead atoms. The Kier molecular flexibility index (Phi) is 5.88. The maximum atomic E-state index is 9.63. The third-order valence-corrected chi connectivity index (χ3v) is 8.28. The van der Waals surface area contributed by atoms with Crippen molar-refractivity contribution in [1.82, 2.24) is 4.90 Å². The molecule has 5 rings (SSSR count). The molecule has 1 saturated carbocycles. The van der Waals surface area contributed by atoms with Crippen LogP contribution in [0.2, 0.25) is 0 Å². The Hall–Kier alpha value is -0.730. The SMILES string of the molecule is OCC1CCC2=C(C1)C1C(=NC=NC1OC1CCC(N3CCOCC3)CC1)S2. The quantitative estimate of drug-likeness (QED) is 0.779. The summed E-state index contributed by atoms with van der Waals surface area (Å²) in [5.74, 6) is 0.575. The molecule has 0 radical (unpaired) electrons. The van der Waals surface area contributed by atoms with Crippen LogP contribution in [0.5, 0.6) is 0 Å². The predicted octanol–water partition coefficient (Wildman–Crippen LogP) is 2.82. The zero-order chi connectivity index (χ0) is 18.9. The van der Waals surface area contributed by atoms with Gasteiger partial charge in [-0.25, -0.2) is 9.98 Å². The molecule has 0 aromatic carbocycles. The summed E-state index contributed by atoms with van der Waals surface area (Å²) in [5.41, 5.74) is 1.44. The van der Waals surface area contributed by atoms with Gasteiger partial charge in [-0.3, -0.25) is 4.90 Å². The average molecular weight is 406 g/mol. The fourth-order valence-corrected chi connectivity index (χ4v) is 6.68. The van der Waals surface area contributed by atoms with E-state index in [4.69, 9.17) is 9.47 Å². The smallest absolute Gasteiger partial charge is 0.163 e. The summed E-state index contributed by atoms with van der Waals surface area (Å²) >= 11 is 1.83. The summed E-state index contributed by atoms with van der Waals surface area (Å²) in [7, 11) is 0. The third kappa shape index (κ3) is 3.84. The van der Waals surface area contributed by atoms with E-state index in [-0.39, 0.29) is 18.8 Å². The van der Waals surface area contributed by atoms with Crippen LogP contribution in [-0.4, -0.2) is 72.7 Å². The highest BCUT2D eigenvalue weighted by atomic mass is 32.2. The van der Waals surface area contributed by atoms with Gasteiger partial charge in [0.1, 0.15) is 6.34 Å². The van der Waals surface area contributed by atoms with Crippen LogP contribution in [-0.2, 0) is 9.47 Å². The summed E-state index contributed by atoms with van der Waals surface area (Å²) in [6.45, 7) is 4.18. The largest absolute Gasteiger partial charge is 0.396 e. The number of morpholine rings is 1. The Morgan fingerprint density at radius 2 is 2.00 bits per heavy atom. The summed E-state index contributed by atoms with van der Waals surface area (Å²) in [4.78, 5) is 13.3. The third-order valence-electron chi connectivity index (χ3n) is 7.00. The van der Waals surface area contributed by atoms with E-state index in [1.54, 1.807) is 6.34 Å². The predicted molar refractivity (Wildman–Crippen MR) is 112 cm³/mol. The van der Waals surface area contributed by atoms with Crippen molar-refractivity contribution in [3.05, 3.63) is 10.5 Å². The van der Waals surface area contributed by atoms with Crippen LogP contribution in [0, 0.1) is 11.8 Å². The number of fused-ring (bicyclic) bond motifs is 2. The van der Waals surface area contributed by atoms with E-state index in [2.05, 4.69) is 14.9 Å². The maximum absolute atomic E-state index is 9.63. The molecular weight excluding hydrogens is 374 g/mol. The zero-order valence-corrected chi connectivity index (χ0v) is 17.3. The van der Waals surface area contributed by atoms with E-state index in [1.807, 2.05) is 11.8 Å². The second kappa shape index (κ2) is 8.56. The standard InChI is InChI=1S/C21H31N3O3S/c25-12-14-1-6-18-17(11-14)19-20(22-13-23-21(19)28-18)27-16-4-2-15(3-5-16)24-7-9-26-10-8-24/h13-16,19-20,25H,1-12H2. The molecule has 7 heteroatoms. The summed E-state index contributed by atoms with van der Waals surface area (Å²) in [6.07, 6.45) is 9.65. The van der Waals surface area contributed by atoms with Gasteiger partial charge < -0.3 is 14.6 Å². The Morgan fingerprint density at radius 1 is 1.18 bits per heavy atom. The number of hydrogen-bond acceptors (Lipinski definition) is 7. The minimum atomic E-state index is -0.130. The van der Waals surface area contributed by atoms with Gasteiger partial charge in [0, 0.05) is 25.7 Å². The lowest BCUT2D eigenvalue weighted by Gasteiger charge is -2.39. The molecule has 0 aromatic rings. The van der Waals surface area contributed by atoms with Crippen molar-refractivity contribution in [1.29, 1.82) is 0 Å². The first-order valence-corrected chi connectivity index (χ1v) is 11.7.